The van der Waals surface area contributed by atoms with Crippen molar-refractivity contribution in [2.45, 2.75) is 32.5 Å². The predicted molar refractivity (Wildman–Crippen MR) is 91.9 cm³/mol. The van der Waals surface area contributed by atoms with E-state index in [4.69, 9.17) is 9.47 Å². The maximum atomic E-state index is 13.4. The predicted octanol–water partition coefficient (Wildman–Crippen LogP) is 5.57. The van der Waals surface area contributed by atoms with E-state index in [2.05, 4.69) is 0 Å². The molecule has 0 aromatic heterocycles. The molecule has 3 nitrogen and oxygen atoms in total. The van der Waals surface area contributed by atoms with Gasteiger partial charge in [0.25, 0.3) is 0 Å². The van der Waals surface area contributed by atoms with Crippen LogP contribution in [0, 0.1) is 11.6 Å². The second kappa shape index (κ2) is 9.62. The zero-order chi connectivity index (χ0) is 20.0. The van der Waals surface area contributed by atoms with Crippen LogP contribution < -0.4 is 0 Å². The van der Waals surface area contributed by atoms with E-state index in [0.29, 0.717) is 25.1 Å². The molecule has 0 bridgehead atoms. The molecule has 2 aromatic rings. The quantitative estimate of drug-likeness (QED) is 0.511. The summed E-state index contributed by atoms with van der Waals surface area (Å²) in [7, 11) is 0. The lowest BCUT2D eigenvalue weighted by atomic mass is 10.0. The van der Waals surface area contributed by atoms with Crippen LogP contribution in [0.4, 0.5) is 17.6 Å². The van der Waals surface area contributed by atoms with Crippen molar-refractivity contribution in [2.75, 3.05) is 13.2 Å². The van der Waals surface area contributed by atoms with E-state index in [9.17, 15) is 22.4 Å². The van der Waals surface area contributed by atoms with E-state index in [1.807, 2.05) is 0 Å². The van der Waals surface area contributed by atoms with Crippen molar-refractivity contribution in [2.24, 2.45) is 0 Å². The highest BCUT2D eigenvalue weighted by Gasteiger charge is 2.25. The number of rotatable bonds is 4. The Balaban J connectivity index is 0.000000199. The molecule has 3 rings (SSSR count). The third kappa shape index (κ3) is 5.14. The van der Waals surface area contributed by atoms with Crippen LogP contribution in [0.5, 0.6) is 0 Å². The van der Waals surface area contributed by atoms with Crippen molar-refractivity contribution in [3.63, 3.8) is 0 Å². The van der Waals surface area contributed by atoms with Crippen molar-refractivity contribution in [1.82, 2.24) is 0 Å². The minimum atomic E-state index is -1.45. The fraction of sp³-hybridized carbons (Fsp3) is 0.350. The zero-order valence-electron chi connectivity index (χ0n) is 14.9. The molecular formula is C20H20F4O3. The van der Waals surface area contributed by atoms with Crippen LogP contribution in [-0.4, -0.2) is 19.5 Å². The van der Waals surface area contributed by atoms with Gasteiger partial charge in [-0.3, -0.25) is 4.79 Å². The molecule has 1 aliphatic rings. The van der Waals surface area contributed by atoms with Crippen molar-refractivity contribution in [1.29, 1.82) is 0 Å². The van der Waals surface area contributed by atoms with Crippen LogP contribution in [0.1, 0.15) is 59.5 Å². The fourth-order valence-electron chi connectivity index (χ4n) is 2.79. The van der Waals surface area contributed by atoms with E-state index in [0.717, 1.165) is 6.07 Å². The van der Waals surface area contributed by atoms with Crippen LogP contribution in [0.3, 0.4) is 0 Å². The van der Waals surface area contributed by atoms with Gasteiger partial charge in [-0.1, -0.05) is 24.3 Å². The number of alkyl halides is 2. The summed E-state index contributed by atoms with van der Waals surface area (Å²) in [4.78, 5) is 10.4. The number of halogens is 4. The van der Waals surface area contributed by atoms with Gasteiger partial charge >= 0.3 is 0 Å². The van der Waals surface area contributed by atoms with Gasteiger partial charge in [-0.15, -0.1) is 0 Å². The Labute approximate surface area is 154 Å². The number of hydrogen-bond acceptors (Lipinski definition) is 3. The van der Waals surface area contributed by atoms with E-state index >= 15 is 0 Å². The van der Waals surface area contributed by atoms with Gasteiger partial charge in [0.05, 0.1) is 13.2 Å². The molecule has 1 saturated heterocycles. The Morgan fingerprint density at radius 1 is 0.926 bits per heavy atom. The van der Waals surface area contributed by atoms with E-state index in [-0.39, 0.29) is 16.7 Å². The highest BCUT2D eigenvalue weighted by atomic mass is 19.1. The van der Waals surface area contributed by atoms with Crippen LogP contribution in [-0.2, 0) is 9.47 Å². The van der Waals surface area contributed by atoms with Gasteiger partial charge in [0.15, 0.2) is 12.6 Å². The van der Waals surface area contributed by atoms with Crippen molar-refractivity contribution >= 4 is 6.29 Å². The van der Waals surface area contributed by atoms with Gasteiger partial charge in [0.1, 0.15) is 24.0 Å². The van der Waals surface area contributed by atoms with Gasteiger partial charge in [0.2, 0.25) is 0 Å². The summed E-state index contributed by atoms with van der Waals surface area (Å²) in [5.41, 5.74) is 0.393. The van der Waals surface area contributed by atoms with E-state index in [1.165, 1.54) is 38.1 Å². The molecule has 0 amide bonds. The number of carbonyl (C=O) groups excluding carboxylic acids is 1. The van der Waals surface area contributed by atoms with Crippen molar-refractivity contribution < 1.29 is 31.8 Å². The smallest absolute Gasteiger partial charge is 0.184 e. The van der Waals surface area contributed by atoms with Crippen molar-refractivity contribution in [3.8, 4) is 0 Å². The Morgan fingerprint density at radius 2 is 1.44 bits per heavy atom. The molecule has 146 valence electrons. The number of benzene rings is 2. The summed E-state index contributed by atoms with van der Waals surface area (Å²) in [5.74, 6) is -1.23. The maximum Gasteiger partial charge on any atom is 0.184 e. The third-order valence-electron chi connectivity index (χ3n) is 3.97. The lowest BCUT2D eigenvalue weighted by molar-refractivity contribution is -0.0456. The Kier molecular flexibility index (Phi) is 7.50. The van der Waals surface area contributed by atoms with Crippen molar-refractivity contribution in [3.05, 3.63) is 70.3 Å². The molecule has 27 heavy (non-hydrogen) atoms. The second-order valence-electron chi connectivity index (χ2n) is 5.91. The van der Waals surface area contributed by atoms with Crippen LogP contribution in [0.15, 0.2) is 36.4 Å². The lowest BCUT2D eigenvalue weighted by Gasteiger charge is -2.15. The normalized spacial score (nSPS) is 16.4. The van der Waals surface area contributed by atoms with Crippen LogP contribution >= 0.6 is 0 Å². The summed E-state index contributed by atoms with van der Waals surface area (Å²) in [6, 6.07) is 8.31. The minimum Gasteiger partial charge on any atom is -0.346 e. The summed E-state index contributed by atoms with van der Waals surface area (Å²) >= 11 is 0. The third-order valence-corrected chi connectivity index (χ3v) is 3.97. The molecule has 1 fully saturated rings. The van der Waals surface area contributed by atoms with Gasteiger partial charge in [-0.25, -0.2) is 17.6 Å². The van der Waals surface area contributed by atoms with Gasteiger partial charge < -0.3 is 9.47 Å². The average Bonchev–Trinajstić information content (AvgIpc) is 3.15. The fourth-order valence-corrected chi connectivity index (χ4v) is 2.79. The summed E-state index contributed by atoms with van der Waals surface area (Å²) in [5, 5.41) is 0. The highest BCUT2D eigenvalue weighted by molar-refractivity contribution is 5.77. The molecule has 0 saturated carbocycles. The van der Waals surface area contributed by atoms with E-state index < -0.39 is 30.3 Å². The van der Waals surface area contributed by atoms with Gasteiger partial charge in [0, 0.05) is 22.3 Å². The molecule has 0 spiro atoms. The average molecular weight is 384 g/mol. The molecular weight excluding hydrogens is 364 g/mol. The SMILES string of the molecule is CC(F)c1c(F)cccc1C1OCCO1.CC(F)c1c(F)cccc1C=O. The topological polar surface area (TPSA) is 35.5 Å². The molecule has 2 atom stereocenters. The molecule has 2 aromatic carbocycles. The zero-order valence-corrected chi connectivity index (χ0v) is 14.9. The first-order chi connectivity index (χ1) is 12.9. The molecule has 0 N–H and O–H groups in total. The van der Waals surface area contributed by atoms with Crippen LogP contribution in [0.25, 0.3) is 0 Å². The lowest BCUT2D eigenvalue weighted by Crippen LogP contribution is -2.06. The highest BCUT2D eigenvalue weighted by Crippen LogP contribution is 2.32. The molecule has 1 heterocycles. The largest absolute Gasteiger partial charge is 0.346 e. The minimum absolute atomic E-state index is 0.0319. The first-order valence-electron chi connectivity index (χ1n) is 8.40. The molecule has 1 aliphatic heterocycles. The molecule has 0 aliphatic carbocycles. The summed E-state index contributed by atoms with van der Waals surface area (Å²) in [6.07, 6.45) is -3.00. The van der Waals surface area contributed by atoms with Crippen LogP contribution in [0.2, 0.25) is 0 Å². The Bertz CT molecular complexity index is 772. The first kappa shape index (κ1) is 21.1. The second-order valence-corrected chi connectivity index (χ2v) is 5.91. The summed E-state index contributed by atoms with van der Waals surface area (Å²) in [6.45, 7) is 3.42. The Hall–Kier alpha value is -2.25. The van der Waals surface area contributed by atoms with Gasteiger partial charge in [-0.2, -0.15) is 0 Å². The number of aldehydes is 1. The number of ether oxygens (including phenoxy) is 2. The monoisotopic (exact) mass is 384 g/mol. The van der Waals surface area contributed by atoms with E-state index in [1.54, 1.807) is 6.07 Å². The molecule has 0 radical (unpaired) electrons. The standard InChI is InChI=1S/C11H12F2O2.C9H8F2O/c1-7(12)10-8(3-2-4-9(10)13)11-14-5-6-15-11;1-6(10)9-7(5-12)3-2-4-8(9)11/h2-4,7,11H,5-6H2,1H3;2-6H,1H3. The number of hydrogen-bond donors (Lipinski definition) is 0. The first-order valence-corrected chi connectivity index (χ1v) is 8.40. The van der Waals surface area contributed by atoms with Gasteiger partial charge in [-0.05, 0) is 26.0 Å². The summed E-state index contributed by atoms with van der Waals surface area (Å²) < 4.78 is 62.8. The maximum absolute atomic E-state index is 13.4. The molecule has 7 heteroatoms. The molecule has 2 unspecified atom stereocenters. The Morgan fingerprint density at radius 3 is 1.93 bits per heavy atom. The number of carbonyl (C=O) groups is 1.